The zero-order valence-electron chi connectivity index (χ0n) is 9.84. The highest BCUT2D eigenvalue weighted by atomic mass is 32.2. The summed E-state index contributed by atoms with van der Waals surface area (Å²) in [6.45, 7) is 2.72. The second kappa shape index (κ2) is 5.84. The van der Waals surface area contributed by atoms with Gasteiger partial charge in [0.1, 0.15) is 0 Å². The van der Waals surface area contributed by atoms with Crippen LogP contribution in [0.5, 0.6) is 0 Å². The molecule has 0 spiro atoms. The average Bonchev–Trinajstić information content (AvgIpc) is 2.79. The van der Waals surface area contributed by atoms with E-state index in [-0.39, 0.29) is 0 Å². The summed E-state index contributed by atoms with van der Waals surface area (Å²) in [5, 5.41) is 8.58. The molecule has 0 bridgehead atoms. The van der Waals surface area contributed by atoms with Gasteiger partial charge in [0.2, 0.25) is 5.89 Å². The molecule has 0 N–H and O–H groups in total. The smallest absolute Gasteiger partial charge is 0.276 e. The Morgan fingerprint density at radius 2 is 2.00 bits per heavy atom. The van der Waals surface area contributed by atoms with Crippen LogP contribution in [0.3, 0.4) is 0 Å². The number of ether oxygens (including phenoxy) is 1. The highest BCUT2D eigenvalue weighted by Crippen LogP contribution is 2.23. The van der Waals surface area contributed by atoms with Crippen molar-refractivity contribution in [1.82, 2.24) is 10.2 Å². The van der Waals surface area contributed by atoms with Crippen LogP contribution < -0.4 is 0 Å². The number of rotatable bonds is 5. The van der Waals surface area contributed by atoms with Crippen molar-refractivity contribution in [2.24, 2.45) is 0 Å². The molecule has 0 aliphatic heterocycles. The normalized spacial score (nSPS) is 10.7. The minimum atomic E-state index is 0.560. The number of hydrogen-bond acceptors (Lipinski definition) is 5. The standard InChI is InChI=1S/C12H14N2O2S/c1-9-3-5-10(6-4-9)11-13-14-12(16-11)17-8-7-15-2/h3-6H,7-8H2,1-2H3. The molecule has 0 aliphatic carbocycles. The van der Waals surface area contributed by atoms with E-state index in [1.165, 1.54) is 17.3 Å². The van der Waals surface area contributed by atoms with Gasteiger partial charge < -0.3 is 9.15 Å². The highest BCUT2D eigenvalue weighted by Gasteiger charge is 2.08. The molecule has 5 heteroatoms. The van der Waals surface area contributed by atoms with Gasteiger partial charge in [-0.25, -0.2) is 0 Å². The van der Waals surface area contributed by atoms with E-state index in [1.54, 1.807) is 7.11 Å². The Bertz CT molecular complexity index is 468. The van der Waals surface area contributed by atoms with Crippen LogP contribution in [-0.4, -0.2) is 29.7 Å². The van der Waals surface area contributed by atoms with Gasteiger partial charge in [0.05, 0.1) is 6.61 Å². The van der Waals surface area contributed by atoms with Crippen molar-refractivity contribution in [3.63, 3.8) is 0 Å². The first kappa shape index (κ1) is 12.1. The molecule has 0 saturated carbocycles. The largest absolute Gasteiger partial charge is 0.411 e. The van der Waals surface area contributed by atoms with E-state index >= 15 is 0 Å². The molecule has 1 aromatic carbocycles. The number of methoxy groups -OCH3 is 1. The summed E-state index contributed by atoms with van der Waals surface area (Å²) in [6.07, 6.45) is 0. The third kappa shape index (κ3) is 3.31. The summed E-state index contributed by atoms with van der Waals surface area (Å²) in [5.41, 5.74) is 2.16. The first-order valence-corrected chi connectivity index (χ1v) is 6.30. The highest BCUT2D eigenvalue weighted by molar-refractivity contribution is 7.99. The summed E-state index contributed by atoms with van der Waals surface area (Å²) in [5.74, 6) is 1.37. The van der Waals surface area contributed by atoms with Gasteiger partial charge in [-0.05, 0) is 19.1 Å². The first-order valence-electron chi connectivity index (χ1n) is 5.32. The van der Waals surface area contributed by atoms with Crippen LogP contribution in [-0.2, 0) is 4.74 Å². The van der Waals surface area contributed by atoms with Gasteiger partial charge in [0.25, 0.3) is 5.22 Å². The van der Waals surface area contributed by atoms with Crippen LogP contribution >= 0.6 is 11.8 Å². The van der Waals surface area contributed by atoms with E-state index in [1.807, 2.05) is 31.2 Å². The molecular formula is C12H14N2O2S. The molecule has 2 aromatic rings. The Hall–Kier alpha value is -1.33. The van der Waals surface area contributed by atoms with Crippen molar-refractivity contribution in [3.8, 4) is 11.5 Å². The number of hydrogen-bond donors (Lipinski definition) is 0. The molecule has 1 heterocycles. The molecule has 4 nitrogen and oxygen atoms in total. The van der Waals surface area contributed by atoms with Crippen molar-refractivity contribution >= 4 is 11.8 Å². The van der Waals surface area contributed by atoms with Crippen molar-refractivity contribution in [2.45, 2.75) is 12.1 Å². The van der Waals surface area contributed by atoms with Crippen molar-refractivity contribution in [2.75, 3.05) is 19.5 Å². The lowest BCUT2D eigenvalue weighted by atomic mass is 10.1. The Morgan fingerprint density at radius 3 is 2.71 bits per heavy atom. The molecule has 0 saturated heterocycles. The van der Waals surface area contributed by atoms with Crippen molar-refractivity contribution < 1.29 is 9.15 Å². The lowest BCUT2D eigenvalue weighted by Gasteiger charge is -1.95. The fourth-order valence-electron chi connectivity index (χ4n) is 1.29. The number of nitrogens with zero attached hydrogens (tertiary/aromatic N) is 2. The molecule has 0 unspecified atom stereocenters. The van der Waals surface area contributed by atoms with Crippen molar-refractivity contribution in [1.29, 1.82) is 0 Å². The van der Waals surface area contributed by atoms with Crippen LogP contribution in [0, 0.1) is 6.92 Å². The first-order chi connectivity index (χ1) is 8.29. The zero-order valence-corrected chi connectivity index (χ0v) is 10.7. The van der Waals surface area contributed by atoms with Gasteiger partial charge in [-0.15, -0.1) is 10.2 Å². The van der Waals surface area contributed by atoms with Crippen LogP contribution in [0.25, 0.3) is 11.5 Å². The van der Waals surface area contributed by atoms with Gasteiger partial charge in [0.15, 0.2) is 0 Å². The fourth-order valence-corrected chi connectivity index (χ4v) is 1.95. The molecule has 90 valence electrons. The van der Waals surface area contributed by atoms with Gasteiger partial charge in [0, 0.05) is 18.4 Å². The Morgan fingerprint density at radius 1 is 1.24 bits per heavy atom. The van der Waals surface area contributed by atoms with Crippen LogP contribution in [0.1, 0.15) is 5.56 Å². The van der Waals surface area contributed by atoms with Gasteiger partial charge in [-0.3, -0.25) is 0 Å². The Kier molecular flexibility index (Phi) is 4.17. The summed E-state index contributed by atoms with van der Waals surface area (Å²) in [4.78, 5) is 0. The van der Waals surface area contributed by atoms with Crippen LogP contribution in [0.15, 0.2) is 33.9 Å². The van der Waals surface area contributed by atoms with Crippen LogP contribution in [0.2, 0.25) is 0 Å². The second-order valence-corrected chi connectivity index (χ2v) is 4.63. The van der Waals surface area contributed by atoms with Crippen LogP contribution in [0.4, 0.5) is 0 Å². The van der Waals surface area contributed by atoms with E-state index in [2.05, 4.69) is 10.2 Å². The lowest BCUT2D eigenvalue weighted by Crippen LogP contribution is -1.90. The third-order valence-corrected chi connectivity index (χ3v) is 3.00. The van der Waals surface area contributed by atoms with E-state index in [4.69, 9.17) is 9.15 Å². The number of aromatic nitrogens is 2. The molecule has 17 heavy (non-hydrogen) atoms. The maximum Gasteiger partial charge on any atom is 0.276 e. The van der Waals surface area contributed by atoms with E-state index in [9.17, 15) is 0 Å². The lowest BCUT2D eigenvalue weighted by molar-refractivity contribution is 0.218. The maximum absolute atomic E-state index is 5.54. The molecule has 0 amide bonds. The second-order valence-electron chi connectivity index (χ2n) is 3.58. The molecule has 0 radical (unpaired) electrons. The fraction of sp³-hybridized carbons (Fsp3) is 0.333. The molecule has 0 atom stereocenters. The number of benzene rings is 1. The van der Waals surface area contributed by atoms with Gasteiger partial charge in [-0.1, -0.05) is 29.5 Å². The van der Waals surface area contributed by atoms with E-state index in [0.717, 1.165) is 11.3 Å². The minimum Gasteiger partial charge on any atom is -0.411 e. The molecular weight excluding hydrogens is 236 g/mol. The quantitative estimate of drug-likeness (QED) is 0.603. The minimum absolute atomic E-state index is 0.560. The van der Waals surface area contributed by atoms with E-state index < -0.39 is 0 Å². The topological polar surface area (TPSA) is 48.2 Å². The Labute approximate surface area is 104 Å². The predicted octanol–water partition coefficient (Wildman–Crippen LogP) is 2.78. The maximum atomic E-state index is 5.54. The van der Waals surface area contributed by atoms with Gasteiger partial charge >= 0.3 is 0 Å². The summed E-state index contributed by atoms with van der Waals surface area (Å²) >= 11 is 1.50. The number of aryl methyl sites for hydroxylation is 1. The zero-order chi connectivity index (χ0) is 12.1. The Balaban J connectivity index is 2.04. The summed E-state index contributed by atoms with van der Waals surface area (Å²) in [6, 6.07) is 8.01. The van der Waals surface area contributed by atoms with Gasteiger partial charge in [-0.2, -0.15) is 0 Å². The monoisotopic (exact) mass is 250 g/mol. The molecule has 2 rings (SSSR count). The SMILES string of the molecule is COCCSc1nnc(-c2ccc(C)cc2)o1. The van der Waals surface area contributed by atoms with E-state index in [0.29, 0.717) is 17.7 Å². The predicted molar refractivity (Wildman–Crippen MR) is 67.1 cm³/mol. The molecule has 1 aromatic heterocycles. The summed E-state index contributed by atoms with van der Waals surface area (Å²) in [7, 11) is 1.67. The number of thioether (sulfide) groups is 1. The summed E-state index contributed by atoms with van der Waals surface area (Å²) < 4.78 is 10.5. The third-order valence-electron chi connectivity index (χ3n) is 2.22. The average molecular weight is 250 g/mol. The molecule has 0 aliphatic rings. The molecule has 0 fully saturated rings. The van der Waals surface area contributed by atoms with Crippen molar-refractivity contribution in [3.05, 3.63) is 29.8 Å².